The number of aromatic nitrogens is 1. The molecule has 0 aliphatic carbocycles. The van der Waals surface area contributed by atoms with E-state index in [0.29, 0.717) is 32.6 Å². The van der Waals surface area contributed by atoms with Crippen LogP contribution in [0, 0.1) is 0 Å². The van der Waals surface area contributed by atoms with E-state index in [9.17, 15) is 9.59 Å². The normalized spacial score (nSPS) is 10.3. The molecule has 24 heavy (non-hydrogen) atoms. The molecule has 7 heteroatoms. The van der Waals surface area contributed by atoms with Gasteiger partial charge in [-0.3, -0.25) is 9.59 Å². The van der Waals surface area contributed by atoms with Gasteiger partial charge in [-0.25, -0.2) is 0 Å². The number of fused-ring (bicyclic) bond motifs is 1. The summed E-state index contributed by atoms with van der Waals surface area (Å²) in [6.07, 6.45) is 2.20. The van der Waals surface area contributed by atoms with Crippen molar-refractivity contribution in [1.29, 1.82) is 0 Å². The summed E-state index contributed by atoms with van der Waals surface area (Å²) in [5.74, 6) is 0.0100. The average Bonchev–Trinajstić information content (AvgIpc) is 2.91. The van der Waals surface area contributed by atoms with Gasteiger partial charge in [-0.2, -0.15) is 0 Å². The molecule has 0 fully saturated rings. The van der Waals surface area contributed by atoms with Crippen molar-refractivity contribution in [3.63, 3.8) is 0 Å². The Morgan fingerprint density at radius 1 is 1.21 bits per heavy atom. The molecule has 6 nitrogen and oxygen atoms in total. The molecular formula is C17H25ClN4O2. The second kappa shape index (κ2) is 9.30. The second-order valence-electron chi connectivity index (χ2n) is 5.37. The van der Waals surface area contributed by atoms with Crippen molar-refractivity contribution in [3.05, 3.63) is 30.5 Å². The number of likely N-dealkylation sites (N-methyl/N-ethyl adjacent to an activating group) is 1. The first-order valence-electron chi connectivity index (χ1n) is 7.95. The van der Waals surface area contributed by atoms with Crippen molar-refractivity contribution in [2.45, 2.75) is 26.8 Å². The summed E-state index contributed by atoms with van der Waals surface area (Å²) < 4.78 is 1.93. The van der Waals surface area contributed by atoms with Crippen LogP contribution in [-0.2, 0) is 16.1 Å². The minimum atomic E-state index is -0.0945. The number of nitrogens with one attached hydrogen (secondary N) is 1. The third kappa shape index (κ3) is 4.72. The SMILES string of the molecule is CCN(CC)C(=O)Cn1ccc2cc(NC(=O)CCN)ccc21.Cl. The van der Waals surface area contributed by atoms with Gasteiger partial charge < -0.3 is 20.5 Å². The summed E-state index contributed by atoms with van der Waals surface area (Å²) in [5, 5.41) is 3.81. The number of rotatable bonds is 7. The van der Waals surface area contributed by atoms with Crippen molar-refractivity contribution in [2.75, 3.05) is 25.0 Å². The van der Waals surface area contributed by atoms with Gasteiger partial charge in [0.25, 0.3) is 0 Å². The molecule has 2 amide bonds. The third-order valence-corrected chi connectivity index (χ3v) is 3.85. The third-order valence-electron chi connectivity index (χ3n) is 3.85. The van der Waals surface area contributed by atoms with Crippen molar-refractivity contribution in [3.8, 4) is 0 Å². The Kier molecular flexibility index (Phi) is 7.74. The van der Waals surface area contributed by atoms with Crippen molar-refractivity contribution >= 4 is 40.8 Å². The average molecular weight is 353 g/mol. The zero-order chi connectivity index (χ0) is 16.8. The van der Waals surface area contributed by atoms with Gasteiger partial charge >= 0.3 is 0 Å². The highest BCUT2D eigenvalue weighted by atomic mass is 35.5. The molecule has 0 unspecified atom stereocenters. The molecule has 1 heterocycles. The first kappa shape index (κ1) is 20.0. The Morgan fingerprint density at radius 2 is 1.92 bits per heavy atom. The van der Waals surface area contributed by atoms with Crippen LogP contribution in [0.1, 0.15) is 20.3 Å². The molecule has 2 aromatic rings. The minimum Gasteiger partial charge on any atom is -0.342 e. The largest absolute Gasteiger partial charge is 0.342 e. The van der Waals surface area contributed by atoms with E-state index in [0.717, 1.165) is 16.6 Å². The van der Waals surface area contributed by atoms with E-state index in [1.807, 2.05) is 53.8 Å². The standard InChI is InChI=1S/C17H24N4O2.ClH/c1-3-20(4-2)17(23)12-21-10-8-13-11-14(5-6-15(13)21)19-16(22)7-9-18;/h5-6,8,10-11H,3-4,7,9,12,18H2,1-2H3,(H,19,22);1H. The number of halogens is 1. The maximum Gasteiger partial charge on any atom is 0.242 e. The number of nitrogens with zero attached hydrogens (tertiary/aromatic N) is 2. The molecule has 0 aliphatic rings. The fourth-order valence-electron chi connectivity index (χ4n) is 2.59. The van der Waals surface area contributed by atoms with Crippen LogP contribution >= 0.6 is 12.4 Å². The molecule has 132 valence electrons. The summed E-state index contributed by atoms with van der Waals surface area (Å²) >= 11 is 0. The Balaban J connectivity index is 0.00000288. The molecule has 2 rings (SSSR count). The number of nitrogens with two attached hydrogens (primary N) is 1. The van der Waals surface area contributed by atoms with E-state index in [-0.39, 0.29) is 24.2 Å². The van der Waals surface area contributed by atoms with Gasteiger partial charge in [-0.15, -0.1) is 12.4 Å². The van der Waals surface area contributed by atoms with Crippen LogP contribution < -0.4 is 11.1 Å². The van der Waals surface area contributed by atoms with Gasteiger partial charge in [0.1, 0.15) is 6.54 Å². The number of hydrogen-bond acceptors (Lipinski definition) is 3. The fourth-order valence-corrected chi connectivity index (χ4v) is 2.59. The number of benzene rings is 1. The van der Waals surface area contributed by atoms with Gasteiger partial charge in [0, 0.05) is 48.8 Å². The van der Waals surface area contributed by atoms with E-state index in [2.05, 4.69) is 5.32 Å². The molecular weight excluding hydrogens is 328 g/mol. The van der Waals surface area contributed by atoms with Gasteiger partial charge in [-0.1, -0.05) is 0 Å². The van der Waals surface area contributed by atoms with Crippen LogP contribution in [0.2, 0.25) is 0 Å². The number of carbonyl (C=O) groups is 2. The number of hydrogen-bond donors (Lipinski definition) is 2. The van der Waals surface area contributed by atoms with Gasteiger partial charge in [-0.05, 0) is 38.1 Å². The van der Waals surface area contributed by atoms with Crippen LogP contribution in [-0.4, -0.2) is 40.9 Å². The van der Waals surface area contributed by atoms with Gasteiger partial charge in [0.05, 0.1) is 0 Å². The summed E-state index contributed by atoms with van der Waals surface area (Å²) in [4.78, 5) is 25.6. The summed E-state index contributed by atoms with van der Waals surface area (Å²) in [7, 11) is 0. The van der Waals surface area contributed by atoms with E-state index >= 15 is 0 Å². The van der Waals surface area contributed by atoms with Crippen LogP contribution in [0.25, 0.3) is 10.9 Å². The maximum absolute atomic E-state index is 12.2. The van der Waals surface area contributed by atoms with Gasteiger partial charge in [0.15, 0.2) is 0 Å². The molecule has 0 spiro atoms. The molecule has 1 aromatic heterocycles. The molecule has 0 aliphatic heterocycles. The van der Waals surface area contributed by atoms with Gasteiger partial charge in [0.2, 0.25) is 11.8 Å². The number of amides is 2. The lowest BCUT2D eigenvalue weighted by Gasteiger charge is -2.19. The summed E-state index contributed by atoms with van der Waals surface area (Å²) in [6, 6.07) is 7.61. The van der Waals surface area contributed by atoms with Crippen molar-refractivity contribution < 1.29 is 9.59 Å². The second-order valence-corrected chi connectivity index (χ2v) is 5.37. The first-order valence-corrected chi connectivity index (χ1v) is 7.95. The fraction of sp³-hybridized carbons (Fsp3) is 0.412. The van der Waals surface area contributed by atoms with E-state index in [4.69, 9.17) is 5.73 Å². The molecule has 1 aromatic carbocycles. The Bertz CT molecular complexity index is 695. The van der Waals surface area contributed by atoms with E-state index in [1.165, 1.54) is 0 Å². The van der Waals surface area contributed by atoms with E-state index in [1.54, 1.807) is 0 Å². The Morgan fingerprint density at radius 3 is 2.54 bits per heavy atom. The molecule has 0 bridgehead atoms. The summed E-state index contributed by atoms with van der Waals surface area (Å²) in [6.45, 7) is 6.04. The van der Waals surface area contributed by atoms with Crippen molar-refractivity contribution in [2.24, 2.45) is 5.73 Å². The lowest BCUT2D eigenvalue weighted by molar-refractivity contribution is -0.131. The lowest BCUT2D eigenvalue weighted by atomic mass is 10.2. The summed E-state index contributed by atoms with van der Waals surface area (Å²) in [5.41, 5.74) is 7.08. The highest BCUT2D eigenvalue weighted by Crippen LogP contribution is 2.21. The molecule has 0 radical (unpaired) electrons. The van der Waals surface area contributed by atoms with E-state index < -0.39 is 0 Å². The highest BCUT2D eigenvalue weighted by molar-refractivity contribution is 5.94. The molecule has 0 atom stereocenters. The predicted octanol–water partition coefficient (Wildman–Crippen LogP) is 2.22. The minimum absolute atomic E-state index is 0. The molecule has 0 saturated carbocycles. The van der Waals surface area contributed by atoms with Crippen LogP contribution in [0.15, 0.2) is 30.5 Å². The zero-order valence-corrected chi connectivity index (χ0v) is 14.9. The van der Waals surface area contributed by atoms with Crippen LogP contribution in [0.3, 0.4) is 0 Å². The first-order chi connectivity index (χ1) is 11.1. The zero-order valence-electron chi connectivity index (χ0n) is 14.1. The smallest absolute Gasteiger partial charge is 0.242 e. The number of anilines is 1. The maximum atomic E-state index is 12.2. The topological polar surface area (TPSA) is 80.4 Å². The quantitative estimate of drug-likeness (QED) is 0.801. The number of carbonyl (C=O) groups excluding carboxylic acids is 2. The molecule has 3 N–H and O–H groups in total. The molecule has 0 saturated heterocycles. The Labute approximate surface area is 148 Å². The predicted molar refractivity (Wildman–Crippen MR) is 99.4 cm³/mol. The van der Waals surface area contributed by atoms with Crippen LogP contribution in [0.5, 0.6) is 0 Å². The monoisotopic (exact) mass is 352 g/mol. The van der Waals surface area contributed by atoms with Crippen molar-refractivity contribution in [1.82, 2.24) is 9.47 Å². The Hall–Kier alpha value is -2.05. The highest BCUT2D eigenvalue weighted by Gasteiger charge is 2.12. The lowest BCUT2D eigenvalue weighted by Crippen LogP contribution is -2.33. The van der Waals surface area contributed by atoms with Crippen LogP contribution in [0.4, 0.5) is 5.69 Å².